The van der Waals surface area contributed by atoms with Gasteiger partial charge in [-0.2, -0.15) is 11.8 Å². The fourth-order valence-corrected chi connectivity index (χ4v) is 4.25. The van der Waals surface area contributed by atoms with Crippen molar-refractivity contribution in [2.75, 3.05) is 49.5 Å². The first-order chi connectivity index (χ1) is 11.2. The summed E-state index contributed by atoms with van der Waals surface area (Å²) in [6, 6.07) is 6.59. The van der Waals surface area contributed by atoms with Crippen molar-refractivity contribution in [2.24, 2.45) is 0 Å². The zero-order valence-corrected chi connectivity index (χ0v) is 14.2. The molecule has 1 aromatic rings. The Bertz CT molecular complexity index is 511. The number of nitrogens with zero attached hydrogens (tertiary/aromatic N) is 2. The molecule has 0 saturated carbocycles. The first-order valence-electron chi connectivity index (χ1n) is 8.30. The van der Waals surface area contributed by atoms with Gasteiger partial charge >= 0.3 is 0 Å². The summed E-state index contributed by atoms with van der Waals surface area (Å²) in [4.78, 5) is 16.9. The highest BCUT2D eigenvalue weighted by molar-refractivity contribution is 7.99. The largest absolute Gasteiger partial charge is 0.325 e. The summed E-state index contributed by atoms with van der Waals surface area (Å²) in [6.45, 7) is 4.79. The van der Waals surface area contributed by atoms with Crippen molar-refractivity contribution in [3.05, 3.63) is 30.1 Å². The highest BCUT2D eigenvalue weighted by Crippen LogP contribution is 2.20. The summed E-state index contributed by atoms with van der Waals surface area (Å²) < 4.78 is 12.9. The number of amides is 1. The van der Waals surface area contributed by atoms with Crippen molar-refractivity contribution >= 4 is 23.4 Å². The van der Waals surface area contributed by atoms with E-state index >= 15 is 0 Å². The second kappa shape index (κ2) is 8.13. The molecular weight excluding hydrogens is 313 g/mol. The molecule has 0 aliphatic carbocycles. The molecule has 4 nitrogen and oxygen atoms in total. The Morgan fingerprint density at radius 3 is 2.43 bits per heavy atom. The Morgan fingerprint density at radius 2 is 1.78 bits per heavy atom. The minimum absolute atomic E-state index is 0.0237. The maximum atomic E-state index is 12.9. The molecule has 0 unspecified atom stereocenters. The van der Waals surface area contributed by atoms with Gasteiger partial charge in [0.2, 0.25) is 5.91 Å². The van der Waals surface area contributed by atoms with Gasteiger partial charge in [-0.25, -0.2) is 4.39 Å². The molecule has 0 radical (unpaired) electrons. The minimum Gasteiger partial charge on any atom is -0.325 e. The van der Waals surface area contributed by atoms with Gasteiger partial charge in [-0.3, -0.25) is 14.6 Å². The number of rotatable bonds is 4. The van der Waals surface area contributed by atoms with Crippen LogP contribution < -0.4 is 5.32 Å². The van der Waals surface area contributed by atoms with E-state index in [0.717, 1.165) is 25.9 Å². The molecule has 2 heterocycles. The molecule has 1 N–H and O–H groups in total. The summed E-state index contributed by atoms with van der Waals surface area (Å²) in [7, 11) is 0. The predicted molar refractivity (Wildman–Crippen MR) is 93.4 cm³/mol. The smallest absolute Gasteiger partial charge is 0.238 e. The van der Waals surface area contributed by atoms with E-state index in [1.165, 1.54) is 36.7 Å². The number of hydrogen-bond donors (Lipinski definition) is 1. The van der Waals surface area contributed by atoms with Gasteiger partial charge in [-0.1, -0.05) is 0 Å². The van der Waals surface area contributed by atoms with Gasteiger partial charge in [0.15, 0.2) is 0 Å². The van der Waals surface area contributed by atoms with Crippen molar-refractivity contribution in [2.45, 2.75) is 18.9 Å². The minimum atomic E-state index is -0.291. The average molecular weight is 337 g/mol. The molecule has 2 aliphatic rings. The second-order valence-corrected chi connectivity index (χ2v) is 7.44. The molecule has 2 aliphatic heterocycles. The van der Waals surface area contributed by atoms with E-state index < -0.39 is 0 Å². The molecule has 0 spiro atoms. The van der Waals surface area contributed by atoms with Gasteiger partial charge in [0.1, 0.15) is 5.82 Å². The number of hydrogen-bond acceptors (Lipinski definition) is 4. The van der Waals surface area contributed by atoms with Crippen LogP contribution in [0.15, 0.2) is 24.3 Å². The molecule has 3 rings (SSSR count). The lowest BCUT2D eigenvalue weighted by Gasteiger charge is -2.39. The Morgan fingerprint density at radius 1 is 1.13 bits per heavy atom. The van der Waals surface area contributed by atoms with Gasteiger partial charge in [0, 0.05) is 49.4 Å². The monoisotopic (exact) mass is 337 g/mol. The zero-order valence-electron chi connectivity index (χ0n) is 13.3. The molecule has 1 aromatic carbocycles. The van der Waals surface area contributed by atoms with Crippen LogP contribution in [0.5, 0.6) is 0 Å². The lowest BCUT2D eigenvalue weighted by atomic mass is 10.0. The van der Waals surface area contributed by atoms with Crippen molar-refractivity contribution in [3.8, 4) is 0 Å². The molecule has 2 saturated heterocycles. The van der Waals surface area contributed by atoms with Gasteiger partial charge in [0.05, 0.1) is 6.54 Å². The van der Waals surface area contributed by atoms with Gasteiger partial charge in [0.25, 0.3) is 0 Å². The van der Waals surface area contributed by atoms with Crippen molar-refractivity contribution in [1.82, 2.24) is 9.80 Å². The highest BCUT2D eigenvalue weighted by atomic mass is 32.2. The summed E-state index contributed by atoms with van der Waals surface area (Å²) >= 11 is 2.04. The molecule has 6 heteroatoms. The number of carbonyl (C=O) groups is 1. The van der Waals surface area contributed by atoms with Crippen molar-refractivity contribution in [3.63, 3.8) is 0 Å². The molecule has 0 atom stereocenters. The molecular formula is C17H24FN3OS. The van der Waals surface area contributed by atoms with Gasteiger partial charge in [-0.15, -0.1) is 0 Å². The Balaban J connectivity index is 1.41. The van der Waals surface area contributed by atoms with Crippen molar-refractivity contribution < 1.29 is 9.18 Å². The van der Waals surface area contributed by atoms with E-state index in [1.54, 1.807) is 12.1 Å². The summed E-state index contributed by atoms with van der Waals surface area (Å²) in [6.07, 6.45) is 2.29. The number of likely N-dealkylation sites (tertiary alicyclic amines) is 1. The topological polar surface area (TPSA) is 35.6 Å². The summed E-state index contributed by atoms with van der Waals surface area (Å²) in [5.41, 5.74) is 0.650. The molecule has 0 aromatic heterocycles. The van der Waals surface area contributed by atoms with Crippen LogP contribution in [0.25, 0.3) is 0 Å². The Labute approximate surface area is 141 Å². The lowest BCUT2D eigenvalue weighted by molar-refractivity contribution is -0.117. The molecule has 1 amide bonds. The fourth-order valence-electron chi connectivity index (χ4n) is 3.32. The van der Waals surface area contributed by atoms with Crippen LogP contribution >= 0.6 is 11.8 Å². The molecule has 0 bridgehead atoms. The third kappa shape index (κ3) is 4.93. The van der Waals surface area contributed by atoms with Crippen LogP contribution in [0.1, 0.15) is 12.8 Å². The first kappa shape index (κ1) is 16.7. The highest BCUT2D eigenvalue weighted by Gasteiger charge is 2.26. The number of halogens is 1. The predicted octanol–water partition coefficient (Wildman–Crippen LogP) is 2.28. The third-order valence-corrected chi connectivity index (χ3v) is 5.56. The van der Waals surface area contributed by atoms with Crippen molar-refractivity contribution in [1.29, 1.82) is 0 Å². The molecule has 126 valence electrons. The normalized spacial score (nSPS) is 21.3. The van der Waals surface area contributed by atoms with Gasteiger partial charge < -0.3 is 5.32 Å². The Kier molecular flexibility index (Phi) is 5.91. The first-order valence-corrected chi connectivity index (χ1v) is 9.46. The third-order valence-electron chi connectivity index (χ3n) is 4.61. The number of carbonyl (C=O) groups excluding carboxylic acids is 1. The van der Waals surface area contributed by atoms with Crippen LogP contribution in [0.3, 0.4) is 0 Å². The second-order valence-electron chi connectivity index (χ2n) is 6.21. The molecule has 2 fully saturated rings. The SMILES string of the molecule is O=C(CN1CCC(N2CCSCC2)CC1)Nc1ccc(F)cc1. The standard InChI is InChI=1S/C17H24FN3OS/c18-14-1-3-15(4-2-14)19-17(22)13-20-7-5-16(6-8-20)21-9-11-23-12-10-21/h1-4,16H,5-13H2,(H,19,22). The van der Waals surface area contributed by atoms with Crippen LogP contribution in [0.4, 0.5) is 10.1 Å². The fraction of sp³-hybridized carbons (Fsp3) is 0.588. The van der Waals surface area contributed by atoms with Gasteiger partial charge in [-0.05, 0) is 37.1 Å². The van der Waals surface area contributed by atoms with Crippen LogP contribution in [-0.4, -0.2) is 66.0 Å². The van der Waals surface area contributed by atoms with Crippen LogP contribution in [0, 0.1) is 5.82 Å². The maximum Gasteiger partial charge on any atom is 0.238 e. The van der Waals surface area contributed by atoms with E-state index in [-0.39, 0.29) is 11.7 Å². The average Bonchev–Trinajstić information content (AvgIpc) is 2.58. The van der Waals surface area contributed by atoms with E-state index in [1.807, 2.05) is 11.8 Å². The van der Waals surface area contributed by atoms with E-state index in [2.05, 4.69) is 15.1 Å². The lowest BCUT2D eigenvalue weighted by Crippen LogP contribution is -2.49. The maximum absolute atomic E-state index is 12.9. The number of benzene rings is 1. The summed E-state index contributed by atoms with van der Waals surface area (Å²) in [5.74, 6) is 2.19. The summed E-state index contributed by atoms with van der Waals surface area (Å²) in [5, 5.41) is 2.83. The van der Waals surface area contributed by atoms with Crippen LogP contribution in [-0.2, 0) is 4.79 Å². The van der Waals surface area contributed by atoms with Crippen LogP contribution in [0.2, 0.25) is 0 Å². The van der Waals surface area contributed by atoms with E-state index in [9.17, 15) is 9.18 Å². The number of piperidine rings is 1. The Hall–Kier alpha value is -1.11. The van der Waals surface area contributed by atoms with E-state index in [0.29, 0.717) is 18.3 Å². The quantitative estimate of drug-likeness (QED) is 0.914. The van der Waals surface area contributed by atoms with E-state index in [4.69, 9.17) is 0 Å². The zero-order chi connectivity index (χ0) is 16.1. The number of anilines is 1. The number of thioether (sulfide) groups is 1. The molecule has 23 heavy (non-hydrogen) atoms. The number of nitrogens with one attached hydrogen (secondary N) is 1.